The van der Waals surface area contributed by atoms with Gasteiger partial charge in [0.2, 0.25) is 5.91 Å². The van der Waals surface area contributed by atoms with E-state index in [4.69, 9.17) is 9.84 Å². The van der Waals surface area contributed by atoms with E-state index in [0.717, 1.165) is 5.56 Å². The van der Waals surface area contributed by atoms with E-state index in [2.05, 4.69) is 10.1 Å². The summed E-state index contributed by atoms with van der Waals surface area (Å²) in [7, 11) is 1.24. The van der Waals surface area contributed by atoms with Crippen molar-refractivity contribution < 1.29 is 29.0 Å². The second kappa shape index (κ2) is 8.01. The first kappa shape index (κ1) is 16.6. The molecule has 0 aromatic heterocycles. The predicted octanol–water partition coefficient (Wildman–Crippen LogP) is -0.196. The molecule has 1 amide bonds. The maximum absolute atomic E-state index is 11.6. The molecule has 0 unspecified atom stereocenters. The van der Waals surface area contributed by atoms with E-state index in [0.29, 0.717) is 0 Å². The number of carbonyl (C=O) groups is 3. The lowest BCUT2D eigenvalue weighted by atomic mass is 10.1. The Kier molecular flexibility index (Phi) is 6.35. The fourth-order valence-corrected chi connectivity index (χ4v) is 1.67. The molecule has 0 saturated heterocycles. The minimum atomic E-state index is -0.779. The van der Waals surface area contributed by atoms with Gasteiger partial charge in [-0.1, -0.05) is 12.1 Å². The summed E-state index contributed by atoms with van der Waals surface area (Å²) in [5, 5.41) is 11.1. The van der Waals surface area contributed by atoms with Crippen LogP contribution in [0.1, 0.15) is 12.5 Å². The van der Waals surface area contributed by atoms with Crippen molar-refractivity contribution in [2.75, 3.05) is 13.7 Å². The molecule has 1 aromatic rings. The minimum absolute atomic E-state index is 0.250. The van der Waals surface area contributed by atoms with Gasteiger partial charge in [-0.15, -0.1) is 0 Å². The molecule has 7 heteroatoms. The van der Waals surface area contributed by atoms with Crippen molar-refractivity contribution in [2.24, 2.45) is 0 Å². The highest BCUT2D eigenvalue weighted by atomic mass is 16.5. The number of methoxy groups -OCH3 is 1. The standard InChI is InChI=1S/C14H17NO6/c1-9(17)15-12(14(19)20-2)7-10-3-5-11(6-4-10)21-13(18)8-16/h3-6,12,16H,7-8H2,1-2H3,(H,15,17)/t12-/m0/s1. The van der Waals surface area contributed by atoms with E-state index >= 15 is 0 Å². The van der Waals surface area contributed by atoms with Crippen molar-refractivity contribution >= 4 is 17.8 Å². The van der Waals surface area contributed by atoms with Crippen LogP contribution >= 0.6 is 0 Å². The molecule has 0 aliphatic rings. The topological polar surface area (TPSA) is 102 Å². The van der Waals surface area contributed by atoms with E-state index in [-0.39, 0.29) is 18.1 Å². The largest absolute Gasteiger partial charge is 0.467 e. The summed E-state index contributed by atoms with van der Waals surface area (Å²) < 4.78 is 9.43. The van der Waals surface area contributed by atoms with Gasteiger partial charge >= 0.3 is 11.9 Å². The lowest BCUT2D eigenvalue weighted by molar-refractivity contribution is -0.144. The van der Waals surface area contributed by atoms with Gasteiger partial charge in [-0.3, -0.25) is 4.79 Å². The van der Waals surface area contributed by atoms with Crippen LogP contribution in [0.2, 0.25) is 0 Å². The summed E-state index contributed by atoms with van der Waals surface area (Å²) in [5.41, 5.74) is 0.753. The highest BCUT2D eigenvalue weighted by Gasteiger charge is 2.20. The first-order chi connectivity index (χ1) is 9.96. The van der Waals surface area contributed by atoms with Gasteiger partial charge in [0.25, 0.3) is 0 Å². The molecule has 1 aromatic carbocycles. The molecule has 114 valence electrons. The van der Waals surface area contributed by atoms with Crippen LogP contribution in [-0.4, -0.2) is 42.7 Å². The molecule has 7 nitrogen and oxygen atoms in total. The van der Waals surface area contributed by atoms with Gasteiger partial charge in [0.1, 0.15) is 18.4 Å². The molecule has 1 rings (SSSR count). The number of amides is 1. The fourth-order valence-electron chi connectivity index (χ4n) is 1.67. The lowest BCUT2D eigenvalue weighted by Gasteiger charge is -2.15. The van der Waals surface area contributed by atoms with Crippen molar-refractivity contribution in [3.8, 4) is 5.75 Å². The van der Waals surface area contributed by atoms with Crippen molar-refractivity contribution in [3.63, 3.8) is 0 Å². The van der Waals surface area contributed by atoms with Crippen LogP contribution in [0.25, 0.3) is 0 Å². The third-order valence-corrected chi connectivity index (χ3v) is 2.59. The maximum atomic E-state index is 11.6. The van der Waals surface area contributed by atoms with Crippen LogP contribution in [-0.2, 0) is 25.5 Å². The average Bonchev–Trinajstić information content (AvgIpc) is 2.47. The Labute approximate surface area is 121 Å². The number of ether oxygens (including phenoxy) is 2. The molecule has 0 aliphatic carbocycles. The summed E-state index contributed by atoms with van der Waals surface area (Å²) in [5.74, 6) is -1.35. The van der Waals surface area contributed by atoms with Gasteiger partial charge in [0.05, 0.1) is 7.11 Å². The van der Waals surface area contributed by atoms with E-state index in [1.165, 1.54) is 26.2 Å². The van der Waals surface area contributed by atoms with E-state index in [1.54, 1.807) is 12.1 Å². The average molecular weight is 295 g/mol. The van der Waals surface area contributed by atoms with Crippen LogP contribution < -0.4 is 10.1 Å². The number of hydrogen-bond donors (Lipinski definition) is 2. The second-order valence-corrected chi connectivity index (χ2v) is 4.26. The van der Waals surface area contributed by atoms with Crippen LogP contribution in [0, 0.1) is 0 Å². The normalized spacial score (nSPS) is 11.4. The number of aliphatic hydroxyl groups excluding tert-OH is 1. The molecular formula is C14H17NO6. The third kappa shape index (κ3) is 5.62. The lowest BCUT2D eigenvalue weighted by Crippen LogP contribution is -2.41. The van der Waals surface area contributed by atoms with Crippen molar-refractivity contribution in [1.29, 1.82) is 0 Å². The zero-order valence-corrected chi connectivity index (χ0v) is 11.8. The molecule has 0 heterocycles. The second-order valence-electron chi connectivity index (χ2n) is 4.26. The summed E-state index contributed by atoms with van der Waals surface area (Å²) in [6.07, 6.45) is 0.250. The molecule has 0 saturated carbocycles. The molecule has 0 aliphatic heterocycles. The summed E-state index contributed by atoms with van der Waals surface area (Å²) in [4.78, 5) is 33.6. The first-order valence-corrected chi connectivity index (χ1v) is 6.21. The van der Waals surface area contributed by atoms with Crippen LogP contribution in [0.15, 0.2) is 24.3 Å². The molecule has 0 radical (unpaired) electrons. The van der Waals surface area contributed by atoms with E-state index < -0.39 is 24.6 Å². The Morgan fingerprint density at radius 3 is 2.33 bits per heavy atom. The number of aliphatic hydroxyl groups is 1. The minimum Gasteiger partial charge on any atom is -0.467 e. The molecule has 0 bridgehead atoms. The Bertz CT molecular complexity index is 511. The molecule has 0 spiro atoms. The third-order valence-electron chi connectivity index (χ3n) is 2.59. The molecule has 1 atom stereocenters. The molecular weight excluding hydrogens is 278 g/mol. The molecule has 2 N–H and O–H groups in total. The molecule has 21 heavy (non-hydrogen) atoms. The Balaban J connectivity index is 2.73. The van der Waals surface area contributed by atoms with Gasteiger partial charge in [0.15, 0.2) is 0 Å². The van der Waals surface area contributed by atoms with Crippen LogP contribution in [0.3, 0.4) is 0 Å². The highest BCUT2D eigenvalue weighted by Crippen LogP contribution is 2.14. The summed E-state index contributed by atoms with van der Waals surface area (Å²) in [6.45, 7) is 0.613. The van der Waals surface area contributed by atoms with Crippen molar-refractivity contribution in [3.05, 3.63) is 29.8 Å². The van der Waals surface area contributed by atoms with E-state index in [9.17, 15) is 14.4 Å². The fraction of sp³-hybridized carbons (Fsp3) is 0.357. The number of nitrogens with one attached hydrogen (secondary N) is 1. The number of esters is 2. The van der Waals surface area contributed by atoms with E-state index in [1.807, 2.05) is 0 Å². The molecule has 0 fully saturated rings. The van der Waals surface area contributed by atoms with Gasteiger partial charge in [-0.05, 0) is 17.7 Å². The quantitative estimate of drug-likeness (QED) is 0.557. The van der Waals surface area contributed by atoms with Crippen molar-refractivity contribution in [1.82, 2.24) is 5.32 Å². The number of rotatable bonds is 6. The summed E-state index contributed by atoms with van der Waals surface area (Å²) in [6, 6.07) is 5.59. The maximum Gasteiger partial charge on any atom is 0.337 e. The van der Waals surface area contributed by atoms with Crippen LogP contribution in [0.4, 0.5) is 0 Å². The zero-order chi connectivity index (χ0) is 15.8. The zero-order valence-electron chi connectivity index (χ0n) is 11.8. The first-order valence-electron chi connectivity index (χ1n) is 6.21. The monoisotopic (exact) mass is 295 g/mol. The Morgan fingerprint density at radius 1 is 1.24 bits per heavy atom. The number of carbonyl (C=O) groups excluding carboxylic acids is 3. The summed E-state index contributed by atoms with van der Waals surface area (Å²) >= 11 is 0. The predicted molar refractivity (Wildman–Crippen MR) is 72.5 cm³/mol. The van der Waals surface area contributed by atoms with Crippen LogP contribution in [0.5, 0.6) is 5.75 Å². The Morgan fingerprint density at radius 2 is 1.86 bits per heavy atom. The smallest absolute Gasteiger partial charge is 0.337 e. The van der Waals surface area contributed by atoms with Gasteiger partial charge in [-0.25, -0.2) is 9.59 Å². The number of benzene rings is 1. The number of hydrogen-bond acceptors (Lipinski definition) is 6. The SMILES string of the molecule is COC(=O)[C@H](Cc1ccc(OC(=O)CO)cc1)NC(C)=O. The van der Waals surface area contributed by atoms with Gasteiger partial charge < -0.3 is 19.9 Å². The van der Waals surface area contributed by atoms with Crippen molar-refractivity contribution in [2.45, 2.75) is 19.4 Å². The van der Waals surface area contributed by atoms with Gasteiger partial charge in [0, 0.05) is 13.3 Å². The van der Waals surface area contributed by atoms with Gasteiger partial charge in [-0.2, -0.15) is 0 Å². The highest BCUT2D eigenvalue weighted by molar-refractivity contribution is 5.83. The Hall–Kier alpha value is -2.41.